The minimum absolute atomic E-state index is 0.0931. The Labute approximate surface area is 150 Å². The zero-order chi connectivity index (χ0) is 17.6. The second-order valence-corrected chi connectivity index (χ2v) is 6.69. The molecular formula is C22H27NO2. The first-order valence-corrected chi connectivity index (χ1v) is 9.38. The van der Waals surface area contributed by atoms with Gasteiger partial charge in [-0.2, -0.15) is 0 Å². The summed E-state index contributed by atoms with van der Waals surface area (Å²) in [6, 6.07) is 14.2. The number of carbonyl (C=O) groups excluding carboxylic acids is 1. The second-order valence-electron chi connectivity index (χ2n) is 6.69. The van der Waals surface area contributed by atoms with Crippen LogP contribution in [0.5, 0.6) is 5.75 Å². The van der Waals surface area contributed by atoms with Gasteiger partial charge in [0, 0.05) is 5.69 Å². The van der Waals surface area contributed by atoms with Gasteiger partial charge in [-0.15, -0.1) is 0 Å². The van der Waals surface area contributed by atoms with Crippen LogP contribution in [0.3, 0.4) is 0 Å². The lowest BCUT2D eigenvalue weighted by molar-refractivity contribution is -0.122. The summed E-state index contributed by atoms with van der Waals surface area (Å²) in [6.07, 6.45) is 5.92. The number of aryl methyl sites for hydroxylation is 3. The first-order chi connectivity index (χ1) is 12.2. The average Bonchev–Trinajstić information content (AvgIpc) is 2.66. The van der Waals surface area contributed by atoms with Crippen LogP contribution in [-0.2, 0) is 24.1 Å². The lowest BCUT2D eigenvalue weighted by Gasteiger charge is -2.20. The topological polar surface area (TPSA) is 38.3 Å². The van der Waals surface area contributed by atoms with E-state index in [1.165, 1.54) is 29.5 Å². The molecule has 0 unspecified atom stereocenters. The maximum atomic E-state index is 12.6. The van der Waals surface area contributed by atoms with Crippen molar-refractivity contribution in [3.8, 4) is 5.75 Å². The van der Waals surface area contributed by atoms with Crippen LogP contribution in [0.4, 0.5) is 5.69 Å². The van der Waals surface area contributed by atoms with E-state index in [-0.39, 0.29) is 5.91 Å². The molecule has 2 aromatic rings. The fraction of sp³-hybridized carbons (Fsp3) is 0.409. The third kappa shape index (κ3) is 4.41. The normalized spacial score (nSPS) is 14.5. The van der Waals surface area contributed by atoms with E-state index in [9.17, 15) is 4.79 Å². The molecule has 1 atom stereocenters. The molecule has 3 heteroatoms. The number of benzene rings is 2. The number of ether oxygens (including phenoxy) is 1. The van der Waals surface area contributed by atoms with Crippen molar-refractivity contribution in [2.24, 2.45) is 0 Å². The summed E-state index contributed by atoms with van der Waals surface area (Å²) in [5.41, 5.74) is 4.87. The number of carbonyl (C=O) groups is 1. The number of nitrogens with one attached hydrogen (secondary N) is 1. The molecule has 1 aliphatic rings. The zero-order valence-electron chi connectivity index (χ0n) is 15.2. The Balaban J connectivity index is 1.65. The maximum Gasteiger partial charge on any atom is 0.265 e. The maximum absolute atomic E-state index is 12.6. The van der Waals surface area contributed by atoms with Crippen molar-refractivity contribution < 1.29 is 9.53 Å². The predicted molar refractivity (Wildman–Crippen MR) is 102 cm³/mol. The van der Waals surface area contributed by atoms with Gasteiger partial charge in [0.1, 0.15) is 5.75 Å². The van der Waals surface area contributed by atoms with Gasteiger partial charge in [-0.25, -0.2) is 0 Å². The molecule has 0 aliphatic heterocycles. The van der Waals surface area contributed by atoms with Gasteiger partial charge in [0.2, 0.25) is 0 Å². The lowest BCUT2D eigenvalue weighted by atomic mass is 9.92. The minimum atomic E-state index is -0.479. The molecule has 0 saturated carbocycles. The van der Waals surface area contributed by atoms with Crippen LogP contribution in [0.25, 0.3) is 0 Å². The number of rotatable bonds is 6. The average molecular weight is 337 g/mol. The van der Waals surface area contributed by atoms with Crippen molar-refractivity contribution in [2.45, 2.75) is 58.5 Å². The minimum Gasteiger partial charge on any atom is -0.481 e. The van der Waals surface area contributed by atoms with Gasteiger partial charge >= 0.3 is 0 Å². The molecule has 0 spiro atoms. The highest BCUT2D eigenvalue weighted by Gasteiger charge is 2.19. The third-order valence-corrected chi connectivity index (χ3v) is 4.89. The van der Waals surface area contributed by atoms with E-state index in [4.69, 9.17) is 4.74 Å². The van der Waals surface area contributed by atoms with Crippen LogP contribution < -0.4 is 10.1 Å². The highest BCUT2D eigenvalue weighted by atomic mass is 16.5. The first-order valence-electron chi connectivity index (χ1n) is 9.38. The molecule has 0 aromatic heterocycles. The van der Waals surface area contributed by atoms with Crippen LogP contribution in [0.15, 0.2) is 42.5 Å². The van der Waals surface area contributed by atoms with Gasteiger partial charge in [-0.05, 0) is 79.5 Å². The van der Waals surface area contributed by atoms with Gasteiger partial charge in [-0.3, -0.25) is 4.79 Å². The zero-order valence-corrected chi connectivity index (χ0v) is 15.2. The summed E-state index contributed by atoms with van der Waals surface area (Å²) in [5, 5.41) is 2.96. The fourth-order valence-corrected chi connectivity index (χ4v) is 3.32. The van der Waals surface area contributed by atoms with E-state index >= 15 is 0 Å². The van der Waals surface area contributed by atoms with Crippen LogP contribution in [0.1, 0.15) is 49.8 Å². The molecule has 1 aliphatic carbocycles. The number of amides is 1. The van der Waals surface area contributed by atoms with Crippen molar-refractivity contribution >= 4 is 11.6 Å². The fourth-order valence-electron chi connectivity index (χ4n) is 3.32. The Bertz CT molecular complexity index is 721. The van der Waals surface area contributed by atoms with E-state index in [0.29, 0.717) is 6.42 Å². The largest absolute Gasteiger partial charge is 0.481 e. The molecule has 0 heterocycles. The number of anilines is 1. The summed E-state index contributed by atoms with van der Waals surface area (Å²) in [5.74, 6) is 0.702. The monoisotopic (exact) mass is 337 g/mol. The molecular weight excluding hydrogens is 310 g/mol. The molecule has 1 amide bonds. The smallest absolute Gasteiger partial charge is 0.265 e. The van der Waals surface area contributed by atoms with E-state index in [2.05, 4.69) is 24.4 Å². The Morgan fingerprint density at radius 2 is 1.76 bits per heavy atom. The van der Waals surface area contributed by atoms with Crippen molar-refractivity contribution in [3.05, 3.63) is 59.2 Å². The molecule has 3 nitrogen and oxygen atoms in total. The molecule has 1 N–H and O–H groups in total. The van der Waals surface area contributed by atoms with Crippen LogP contribution in [0.2, 0.25) is 0 Å². The van der Waals surface area contributed by atoms with Gasteiger partial charge in [-0.1, -0.05) is 32.0 Å². The summed E-state index contributed by atoms with van der Waals surface area (Å²) in [4.78, 5) is 12.6. The first kappa shape index (κ1) is 17.5. The van der Waals surface area contributed by atoms with Crippen molar-refractivity contribution in [1.82, 2.24) is 0 Å². The molecule has 0 radical (unpaired) electrons. The number of fused-ring (bicyclic) bond motifs is 1. The molecule has 132 valence electrons. The van der Waals surface area contributed by atoms with Crippen molar-refractivity contribution in [3.63, 3.8) is 0 Å². The van der Waals surface area contributed by atoms with E-state index < -0.39 is 6.10 Å². The predicted octanol–water partition coefficient (Wildman–Crippen LogP) is 4.92. The molecule has 2 aromatic carbocycles. The Morgan fingerprint density at radius 1 is 1.04 bits per heavy atom. The van der Waals surface area contributed by atoms with Gasteiger partial charge < -0.3 is 10.1 Å². The summed E-state index contributed by atoms with van der Waals surface area (Å²) < 4.78 is 6.00. The van der Waals surface area contributed by atoms with E-state index in [1.807, 2.05) is 37.3 Å². The van der Waals surface area contributed by atoms with Gasteiger partial charge in [0.15, 0.2) is 6.10 Å². The Morgan fingerprint density at radius 3 is 2.44 bits per heavy atom. The van der Waals surface area contributed by atoms with E-state index in [0.717, 1.165) is 30.7 Å². The molecule has 3 rings (SSSR count). The molecule has 0 bridgehead atoms. The van der Waals surface area contributed by atoms with Crippen molar-refractivity contribution in [2.75, 3.05) is 5.32 Å². The number of hydrogen-bond donors (Lipinski definition) is 1. The quantitative estimate of drug-likeness (QED) is 0.812. The van der Waals surface area contributed by atoms with Gasteiger partial charge in [0.25, 0.3) is 5.91 Å². The second kappa shape index (κ2) is 8.19. The summed E-state index contributed by atoms with van der Waals surface area (Å²) in [7, 11) is 0. The third-order valence-electron chi connectivity index (χ3n) is 4.89. The standard InChI is InChI=1S/C22H27NO2/c1-3-16-9-12-19(13-10-16)23-22(24)21(4-2)25-20-14-11-17-7-5-6-8-18(17)15-20/h9-15,21H,3-8H2,1-2H3,(H,23,24)/t21-/m0/s1. The summed E-state index contributed by atoms with van der Waals surface area (Å²) in [6.45, 7) is 4.09. The van der Waals surface area contributed by atoms with Crippen molar-refractivity contribution in [1.29, 1.82) is 0 Å². The Kier molecular flexibility index (Phi) is 5.75. The highest BCUT2D eigenvalue weighted by Crippen LogP contribution is 2.26. The number of hydrogen-bond acceptors (Lipinski definition) is 2. The lowest BCUT2D eigenvalue weighted by Crippen LogP contribution is -2.32. The van der Waals surface area contributed by atoms with Crippen LogP contribution in [-0.4, -0.2) is 12.0 Å². The van der Waals surface area contributed by atoms with Crippen LogP contribution in [0, 0.1) is 0 Å². The highest BCUT2D eigenvalue weighted by molar-refractivity contribution is 5.94. The molecule has 0 fully saturated rings. The Hall–Kier alpha value is -2.29. The van der Waals surface area contributed by atoms with Crippen LogP contribution >= 0.6 is 0 Å². The van der Waals surface area contributed by atoms with Gasteiger partial charge in [0.05, 0.1) is 0 Å². The SMILES string of the molecule is CCc1ccc(NC(=O)[C@H](CC)Oc2ccc3c(c2)CCCC3)cc1. The summed E-state index contributed by atoms with van der Waals surface area (Å²) >= 11 is 0. The van der Waals surface area contributed by atoms with E-state index in [1.54, 1.807) is 0 Å². The molecule has 25 heavy (non-hydrogen) atoms. The molecule has 0 saturated heterocycles.